The number of aromatic nitrogens is 2. The number of sulfonamides is 2. The molecule has 26 heavy (non-hydrogen) atoms. The van der Waals surface area contributed by atoms with Crippen LogP contribution in [0, 0.1) is 0 Å². The topological polar surface area (TPSA) is 98.6 Å². The molecule has 0 N–H and O–H groups in total. The number of rotatable bonds is 9. The van der Waals surface area contributed by atoms with Gasteiger partial charge in [0.05, 0.1) is 16.5 Å². The maximum absolute atomic E-state index is 12.7. The molecule has 0 bridgehead atoms. The van der Waals surface area contributed by atoms with E-state index in [4.69, 9.17) is 9.47 Å². The molecule has 2 heterocycles. The van der Waals surface area contributed by atoms with Gasteiger partial charge in [0.15, 0.2) is 0 Å². The van der Waals surface area contributed by atoms with Crippen LogP contribution < -0.4 is 4.57 Å². The molecular weight excluding hydrogens is 396 g/mol. The van der Waals surface area contributed by atoms with Gasteiger partial charge in [-0.1, -0.05) is 0 Å². The summed E-state index contributed by atoms with van der Waals surface area (Å²) in [5.41, 5.74) is 0. The summed E-state index contributed by atoms with van der Waals surface area (Å²) in [4.78, 5) is 0. The molecule has 1 unspecified atom stereocenters. The van der Waals surface area contributed by atoms with Crippen LogP contribution in [0.1, 0.15) is 19.8 Å². The zero-order valence-corrected chi connectivity index (χ0v) is 15.8. The van der Waals surface area contributed by atoms with Crippen molar-refractivity contribution >= 4 is 26.1 Å². The van der Waals surface area contributed by atoms with Crippen molar-refractivity contribution in [3.63, 3.8) is 0 Å². The molecule has 2 rings (SSSR count). The molecule has 1 aliphatic rings. The molecule has 0 aliphatic carbocycles. The Balaban J connectivity index is 2.05. The van der Waals surface area contributed by atoms with Crippen molar-refractivity contribution in [2.24, 2.45) is 0 Å². The largest absolute Gasteiger partial charge is 0.585 e. The van der Waals surface area contributed by atoms with E-state index >= 15 is 0 Å². The third kappa shape index (κ3) is 4.69. The Hall–Kier alpha value is -1.76. The first-order chi connectivity index (χ1) is 12.2. The molecule has 1 saturated heterocycles. The third-order valence-corrected chi connectivity index (χ3v) is 6.87. The van der Waals surface area contributed by atoms with Gasteiger partial charge >= 0.3 is 26.1 Å². The van der Waals surface area contributed by atoms with Crippen molar-refractivity contribution in [2.45, 2.75) is 39.0 Å². The lowest BCUT2D eigenvalue weighted by Gasteiger charge is -2.04. The van der Waals surface area contributed by atoms with E-state index in [1.807, 2.05) is 34.8 Å². The van der Waals surface area contributed by atoms with E-state index in [1.54, 1.807) is 0 Å². The average molecular weight is 417 g/mol. The highest BCUT2D eigenvalue weighted by atomic mass is 32.3. The Morgan fingerprint density at radius 1 is 1.27 bits per heavy atom. The zero-order valence-electron chi connectivity index (χ0n) is 14.1. The highest BCUT2D eigenvalue weighted by Crippen LogP contribution is 2.16. The van der Waals surface area contributed by atoms with E-state index in [0.717, 1.165) is 6.54 Å². The van der Waals surface area contributed by atoms with E-state index in [9.17, 15) is 25.6 Å². The maximum Gasteiger partial charge on any atom is 0.585 e. The molecular formula is C13H21F2N3O6S2+2. The fraction of sp³-hybridized carbons (Fsp3) is 0.692. The van der Waals surface area contributed by atoms with Crippen molar-refractivity contribution in [2.75, 3.05) is 18.6 Å². The normalized spacial score (nSPS) is 17.8. The van der Waals surface area contributed by atoms with E-state index in [1.165, 1.54) is 0 Å². The van der Waals surface area contributed by atoms with E-state index in [2.05, 4.69) is 0 Å². The molecule has 0 saturated carbocycles. The van der Waals surface area contributed by atoms with E-state index in [-0.39, 0.29) is 6.61 Å². The Morgan fingerprint density at radius 2 is 1.92 bits per heavy atom. The molecule has 0 amide bonds. The maximum atomic E-state index is 12.7. The van der Waals surface area contributed by atoms with Gasteiger partial charge in [-0.15, -0.1) is 0 Å². The summed E-state index contributed by atoms with van der Waals surface area (Å²) in [6.45, 7) is 3.40. The van der Waals surface area contributed by atoms with Gasteiger partial charge in [0.2, 0.25) is 6.33 Å². The van der Waals surface area contributed by atoms with Crippen LogP contribution >= 0.6 is 0 Å². The molecule has 1 aromatic rings. The second kappa shape index (κ2) is 8.29. The minimum absolute atomic E-state index is 0.115. The number of aryl methyl sites for hydroxylation is 2. The van der Waals surface area contributed by atoms with Crippen LogP contribution in [-0.2, 0) is 42.6 Å². The number of nitrogens with zero attached hydrogens (tertiary/aromatic N) is 3. The van der Waals surface area contributed by atoms with Crippen molar-refractivity contribution in [3.8, 4) is 0 Å². The molecule has 0 radical (unpaired) electrons. The van der Waals surface area contributed by atoms with Gasteiger partial charge in [0.25, 0.3) is 12.0 Å². The SMILES string of the molecule is CCn1cc[n+](CCCC2COC(=[N+](S(=O)(=O)CF)S(=O)(=O)CF)O2)c1. The third-order valence-electron chi connectivity index (χ3n) is 3.64. The molecule has 1 aromatic heterocycles. The predicted octanol–water partition coefficient (Wildman–Crippen LogP) is -0.127. The number of ether oxygens (including phenoxy) is 2. The minimum atomic E-state index is -4.96. The second-order valence-electron chi connectivity index (χ2n) is 5.58. The highest BCUT2D eigenvalue weighted by Gasteiger charge is 2.47. The molecule has 13 heteroatoms. The number of halogens is 2. The van der Waals surface area contributed by atoms with Gasteiger partial charge < -0.3 is 9.47 Å². The lowest BCUT2D eigenvalue weighted by atomic mass is 10.2. The molecule has 1 fully saturated rings. The summed E-state index contributed by atoms with van der Waals surface area (Å²) in [5.74, 6) is 0. The van der Waals surface area contributed by atoms with Gasteiger partial charge in [0.1, 0.15) is 25.1 Å². The molecule has 1 atom stereocenters. The number of hydrogen-bond donors (Lipinski definition) is 0. The molecule has 0 spiro atoms. The molecule has 0 aromatic carbocycles. The average Bonchev–Trinajstić information content (AvgIpc) is 3.24. The number of hydrogen-bond acceptors (Lipinski definition) is 6. The summed E-state index contributed by atoms with van der Waals surface area (Å²) >= 11 is 0. The molecule has 9 nitrogen and oxygen atoms in total. The van der Waals surface area contributed by atoms with Crippen LogP contribution in [0.3, 0.4) is 0 Å². The lowest BCUT2D eigenvalue weighted by molar-refractivity contribution is -0.697. The summed E-state index contributed by atoms with van der Waals surface area (Å²) in [6.07, 6.45) is 5.27. The first-order valence-corrected chi connectivity index (χ1v) is 11.0. The van der Waals surface area contributed by atoms with Crippen LogP contribution in [0.5, 0.6) is 0 Å². The summed E-state index contributed by atoms with van der Waals surface area (Å²) in [6, 6.07) is -4.06. The van der Waals surface area contributed by atoms with Crippen LogP contribution in [0.4, 0.5) is 8.78 Å². The van der Waals surface area contributed by atoms with E-state index < -0.39 is 47.6 Å². The van der Waals surface area contributed by atoms with Gasteiger partial charge in [-0.2, -0.15) is 16.8 Å². The first-order valence-electron chi connectivity index (χ1n) is 7.82. The molecule has 148 valence electrons. The van der Waals surface area contributed by atoms with Crippen molar-refractivity contribution in [1.82, 2.24) is 4.57 Å². The van der Waals surface area contributed by atoms with Crippen LogP contribution in [0.25, 0.3) is 0 Å². The van der Waals surface area contributed by atoms with Gasteiger partial charge in [0, 0.05) is 0 Å². The van der Waals surface area contributed by atoms with Crippen LogP contribution in [-0.4, -0.2) is 55.6 Å². The van der Waals surface area contributed by atoms with Crippen molar-refractivity contribution in [3.05, 3.63) is 18.7 Å². The number of imidazole rings is 1. The zero-order chi connectivity index (χ0) is 19.4. The summed E-state index contributed by atoms with van der Waals surface area (Å²) < 4.78 is 85.6. The quantitative estimate of drug-likeness (QED) is 0.520. The summed E-state index contributed by atoms with van der Waals surface area (Å²) in [7, 11) is -9.91. The summed E-state index contributed by atoms with van der Waals surface area (Å²) in [5, 5.41) is 0. The standard InChI is InChI=1S/C13H21F2N3O6S2/c1-2-16-6-7-17(11-16)5-3-4-12-8-23-13(24-12)18(25(19,20)9-14)26(21,22)10-15/h6-7,11-12H,2-5,8-10H2,1H3/q+2. The lowest BCUT2D eigenvalue weighted by Crippen LogP contribution is -2.36. The minimum Gasteiger partial charge on any atom is -0.409 e. The van der Waals surface area contributed by atoms with E-state index in [0.29, 0.717) is 19.4 Å². The first kappa shape index (κ1) is 20.6. The smallest absolute Gasteiger partial charge is 0.409 e. The number of alkyl halides is 2. The predicted molar refractivity (Wildman–Crippen MR) is 85.4 cm³/mol. The Morgan fingerprint density at radius 3 is 2.46 bits per heavy atom. The Labute approximate surface area is 150 Å². The Bertz CT molecular complexity index is 830. The van der Waals surface area contributed by atoms with Crippen molar-refractivity contribution in [1.29, 1.82) is 0 Å². The highest BCUT2D eigenvalue weighted by molar-refractivity contribution is 7.97. The second-order valence-corrected chi connectivity index (χ2v) is 9.31. The van der Waals surface area contributed by atoms with Crippen LogP contribution in [0.2, 0.25) is 0 Å². The molecule has 1 aliphatic heterocycles. The van der Waals surface area contributed by atoms with Gasteiger partial charge in [-0.25, -0.2) is 17.9 Å². The monoisotopic (exact) mass is 417 g/mol. The van der Waals surface area contributed by atoms with Gasteiger partial charge in [-0.3, -0.25) is 0 Å². The van der Waals surface area contributed by atoms with Crippen LogP contribution in [0.15, 0.2) is 18.7 Å². The Kier molecular flexibility index (Phi) is 6.55. The van der Waals surface area contributed by atoms with Crippen molar-refractivity contribution < 1.29 is 43.0 Å². The fourth-order valence-electron chi connectivity index (χ4n) is 2.36. The van der Waals surface area contributed by atoms with Gasteiger partial charge in [-0.05, 0) is 19.8 Å². The fourth-order valence-corrected chi connectivity index (χ4v) is 4.81.